The highest BCUT2D eigenvalue weighted by Gasteiger charge is 2.46. The number of fused-ring (bicyclic) bond motifs is 1. The van der Waals surface area contributed by atoms with Gasteiger partial charge < -0.3 is 9.63 Å². The Bertz CT molecular complexity index is 366. The Morgan fingerprint density at radius 2 is 2.00 bits per heavy atom. The minimum Gasteiger partial charge on any atom is -0.539 e. The van der Waals surface area contributed by atoms with Crippen LogP contribution in [0.5, 0.6) is 5.95 Å². The molecule has 0 N–H and O–H groups in total. The van der Waals surface area contributed by atoms with Gasteiger partial charge in [-0.2, -0.15) is 0 Å². The van der Waals surface area contributed by atoms with Gasteiger partial charge in [0.1, 0.15) is 0 Å². The van der Waals surface area contributed by atoms with Crippen LogP contribution in [0, 0.1) is 5.41 Å². The third-order valence-corrected chi connectivity index (χ3v) is 2.81. The van der Waals surface area contributed by atoms with Gasteiger partial charge in [0.05, 0.1) is 10.7 Å². The first-order chi connectivity index (χ1) is 6.32. The molecule has 4 heteroatoms. The molecule has 0 saturated heterocycles. The molecule has 0 radical (unpaired) electrons. The van der Waals surface area contributed by atoms with Crippen molar-refractivity contribution in [1.29, 1.82) is 0 Å². The molecule has 0 spiro atoms. The zero-order valence-corrected chi connectivity index (χ0v) is 9.13. The number of hydrogen-bond donors (Lipinski definition) is 0. The van der Waals surface area contributed by atoms with Gasteiger partial charge in [-0.3, -0.25) is 0 Å². The first-order valence-electron chi connectivity index (χ1n) is 4.89. The van der Waals surface area contributed by atoms with Gasteiger partial charge in [-0.05, 0) is 20.3 Å². The van der Waals surface area contributed by atoms with E-state index < -0.39 is 0 Å². The summed E-state index contributed by atoms with van der Waals surface area (Å²) in [5.74, 6) is -0.287. The van der Waals surface area contributed by atoms with Gasteiger partial charge in [-0.15, -0.1) is 0 Å². The van der Waals surface area contributed by atoms with E-state index in [0.717, 1.165) is 13.0 Å². The van der Waals surface area contributed by atoms with Gasteiger partial charge in [0.15, 0.2) is 12.5 Å². The molecule has 0 amide bonds. The molecule has 1 aliphatic rings. The number of hydrogen-bond acceptors (Lipinski definition) is 3. The van der Waals surface area contributed by atoms with Crippen molar-refractivity contribution in [3.63, 3.8) is 0 Å². The molecule has 1 aromatic rings. The van der Waals surface area contributed by atoms with E-state index in [1.807, 2.05) is 0 Å². The predicted octanol–water partition coefficient (Wildman–Crippen LogP) is 0.743. The van der Waals surface area contributed by atoms with Crippen LogP contribution in [0.1, 0.15) is 39.8 Å². The Kier molecular flexibility index (Phi) is 1.69. The minimum atomic E-state index is -0.287. The van der Waals surface area contributed by atoms with E-state index in [-0.39, 0.29) is 16.8 Å². The maximum Gasteiger partial charge on any atom is 0.238 e. The molecule has 14 heavy (non-hydrogen) atoms. The van der Waals surface area contributed by atoms with Crippen molar-refractivity contribution in [1.82, 2.24) is 5.27 Å². The molecule has 0 aromatic carbocycles. The van der Waals surface area contributed by atoms with Crippen molar-refractivity contribution in [2.45, 2.75) is 46.1 Å². The van der Waals surface area contributed by atoms with E-state index >= 15 is 0 Å². The van der Waals surface area contributed by atoms with Crippen LogP contribution in [-0.2, 0) is 12.0 Å². The van der Waals surface area contributed by atoms with Crippen LogP contribution >= 0.6 is 0 Å². The molecule has 4 nitrogen and oxygen atoms in total. The Balaban J connectivity index is 2.55. The lowest BCUT2D eigenvalue weighted by Crippen LogP contribution is -2.55. The molecule has 2 heterocycles. The van der Waals surface area contributed by atoms with Gasteiger partial charge in [0.25, 0.3) is 0 Å². The van der Waals surface area contributed by atoms with E-state index in [9.17, 15) is 5.11 Å². The molecule has 0 unspecified atom stereocenters. The molecule has 1 aliphatic heterocycles. The number of rotatable bonds is 0. The Hall–Kier alpha value is -1.06. The van der Waals surface area contributed by atoms with Crippen molar-refractivity contribution in [3.8, 4) is 5.95 Å². The van der Waals surface area contributed by atoms with Crippen LogP contribution in [0.3, 0.4) is 0 Å². The highest BCUT2D eigenvalue weighted by Crippen LogP contribution is 2.41. The molecular weight excluding hydrogens is 180 g/mol. The standard InChI is InChI=1S/C10H16N2O2/c1-9(2)5-10(3,4)7-8(13)14-11-12(7)6-9/h5-6H2,1-4H3. The summed E-state index contributed by atoms with van der Waals surface area (Å²) < 4.78 is 6.42. The lowest BCUT2D eigenvalue weighted by molar-refractivity contribution is -0.787. The SMILES string of the molecule is CC1(C)C[n+]2noc([O-])c2C(C)(C)C1. The zero-order chi connectivity index (χ0) is 10.6. The third-order valence-electron chi connectivity index (χ3n) is 2.81. The first-order valence-corrected chi connectivity index (χ1v) is 4.89. The van der Waals surface area contributed by atoms with Crippen LogP contribution in [0.2, 0.25) is 0 Å². The van der Waals surface area contributed by atoms with Crippen molar-refractivity contribution in [2.75, 3.05) is 0 Å². The fourth-order valence-corrected chi connectivity index (χ4v) is 2.75. The maximum absolute atomic E-state index is 11.4. The van der Waals surface area contributed by atoms with Gasteiger partial charge in [-0.1, -0.05) is 18.5 Å². The topological polar surface area (TPSA) is 53.0 Å². The summed E-state index contributed by atoms with van der Waals surface area (Å²) in [5.41, 5.74) is 0.736. The van der Waals surface area contributed by atoms with Crippen molar-refractivity contribution >= 4 is 0 Å². The van der Waals surface area contributed by atoms with Crippen molar-refractivity contribution < 1.29 is 14.3 Å². The van der Waals surface area contributed by atoms with Gasteiger partial charge >= 0.3 is 0 Å². The van der Waals surface area contributed by atoms with Crippen molar-refractivity contribution in [3.05, 3.63) is 5.69 Å². The molecule has 0 fully saturated rings. The molecule has 78 valence electrons. The summed E-state index contributed by atoms with van der Waals surface area (Å²) in [6, 6.07) is 0. The second-order valence-electron chi connectivity index (χ2n) is 5.59. The fraction of sp³-hybridized carbons (Fsp3) is 0.800. The second kappa shape index (κ2) is 2.49. The summed E-state index contributed by atoms with van der Waals surface area (Å²) in [4.78, 5) is 0. The summed E-state index contributed by atoms with van der Waals surface area (Å²) >= 11 is 0. The van der Waals surface area contributed by atoms with Crippen molar-refractivity contribution in [2.24, 2.45) is 5.41 Å². The molecule has 1 aromatic heterocycles. The smallest absolute Gasteiger partial charge is 0.238 e. The maximum atomic E-state index is 11.4. The first kappa shape index (κ1) is 9.49. The van der Waals surface area contributed by atoms with Gasteiger partial charge in [0.2, 0.25) is 5.69 Å². The summed E-state index contributed by atoms with van der Waals surface area (Å²) in [7, 11) is 0. The van der Waals surface area contributed by atoms with E-state index in [4.69, 9.17) is 4.52 Å². The number of nitrogens with zero attached hydrogens (tertiary/aromatic N) is 2. The molecule has 0 bridgehead atoms. The largest absolute Gasteiger partial charge is 0.539 e. The molecule has 0 saturated carbocycles. The van der Waals surface area contributed by atoms with Crippen LogP contribution in [-0.4, -0.2) is 5.27 Å². The average molecular weight is 196 g/mol. The Labute approximate surface area is 83.5 Å². The quantitative estimate of drug-likeness (QED) is 0.575. The summed E-state index contributed by atoms with van der Waals surface area (Å²) in [6.07, 6.45) is 0.983. The summed E-state index contributed by atoms with van der Waals surface area (Å²) in [6.45, 7) is 9.27. The second-order valence-corrected chi connectivity index (χ2v) is 5.59. The highest BCUT2D eigenvalue weighted by molar-refractivity contribution is 5.17. The van der Waals surface area contributed by atoms with E-state index in [1.54, 1.807) is 4.68 Å². The molecule has 0 atom stereocenters. The minimum absolute atomic E-state index is 0.140. The summed E-state index contributed by atoms with van der Waals surface area (Å²) in [5, 5.41) is 15.2. The van der Waals surface area contributed by atoms with E-state index in [1.165, 1.54) is 0 Å². The number of aromatic nitrogens is 2. The Morgan fingerprint density at radius 1 is 1.36 bits per heavy atom. The average Bonchev–Trinajstić information content (AvgIpc) is 2.26. The zero-order valence-electron chi connectivity index (χ0n) is 9.13. The Morgan fingerprint density at radius 3 is 2.64 bits per heavy atom. The van der Waals surface area contributed by atoms with Gasteiger partial charge in [-0.25, -0.2) is 0 Å². The van der Waals surface area contributed by atoms with E-state index in [0.29, 0.717) is 5.69 Å². The highest BCUT2D eigenvalue weighted by atomic mass is 16.6. The molecular formula is C10H16N2O2. The lowest BCUT2D eigenvalue weighted by atomic mass is 9.70. The van der Waals surface area contributed by atoms with Crippen LogP contribution in [0.15, 0.2) is 4.52 Å². The monoisotopic (exact) mass is 196 g/mol. The molecule has 2 rings (SSSR count). The van der Waals surface area contributed by atoms with E-state index in [2.05, 4.69) is 33.0 Å². The molecule has 0 aliphatic carbocycles. The van der Waals surface area contributed by atoms with Crippen LogP contribution in [0.4, 0.5) is 0 Å². The fourth-order valence-electron chi connectivity index (χ4n) is 2.75. The van der Waals surface area contributed by atoms with Crippen LogP contribution < -0.4 is 9.79 Å². The van der Waals surface area contributed by atoms with Crippen LogP contribution in [0.25, 0.3) is 0 Å². The lowest BCUT2D eigenvalue weighted by Gasteiger charge is -2.34. The normalized spacial score (nSPS) is 23.1. The van der Waals surface area contributed by atoms with Gasteiger partial charge in [0, 0.05) is 5.41 Å². The third kappa shape index (κ3) is 1.29. The predicted molar refractivity (Wildman–Crippen MR) is 47.6 cm³/mol.